The van der Waals surface area contributed by atoms with E-state index in [-0.39, 0.29) is 0 Å². The van der Waals surface area contributed by atoms with Gasteiger partial charge in [-0.1, -0.05) is 0 Å². The lowest BCUT2D eigenvalue weighted by molar-refractivity contribution is 0.130. The minimum atomic E-state index is 0.498. The van der Waals surface area contributed by atoms with Gasteiger partial charge in [-0.25, -0.2) is 4.98 Å². The number of fused-ring (bicyclic) bond motifs is 1. The van der Waals surface area contributed by atoms with Gasteiger partial charge in [0, 0.05) is 66.8 Å². The molecule has 5 nitrogen and oxygen atoms in total. The summed E-state index contributed by atoms with van der Waals surface area (Å²) in [7, 11) is 3.81. The highest BCUT2D eigenvalue weighted by atomic mass is 127. The maximum atomic E-state index is 4.76. The summed E-state index contributed by atoms with van der Waals surface area (Å²) in [6, 6.07) is 4.80. The molecule has 0 radical (unpaired) electrons. The minimum Gasteiger partial charge on any atom is -0.302 e. The Kier molecular flexibility index (Phi) is 3.89. The van der Waals surface area contributed by atoms with Gasteiger partial charge in [-0.15, -0.1) is 0 Å². The van der Waals surface area contributed by atoms with Crippen molar-refractivity contribution < 1.29 is 0 Å². The number of halogens is 1. The highest BCUT2D eigenvalue weighted by molar-refractivity contribution is 14.2. The molecule has 4 rings (SSSR count). The van der Waals surface area contributed by atoms with E-state index in [4.69, 9.17) is 5.10 Å². The molecule has 0 atom stereocenters. The van der Waals surface area contributed by atoms with Crippen molar-refractivity contribution in [1.29, 1.82) is 0 Å². The Morgan fingerprint density at radius 3 is 2.78 bits per heavy atom. The summed E-state index contributed by atoms with van der Waals surface area (Å²) in [4.78, 5) is 6.88. The zero-order chi connectivity index (χ0) is 16.1. The molecular formula is C16H18IN5S. The Morgan fingerprint density at radius 1 is 1.30 bits per heavy atom. The number of likely N-dealkylation sites (N-methyl/N-ethyl adjacent to an activating group) is 1. The Hall–Kier alpha value is -1.06. The summed E-state index contributed by atoms with van der Waals surface area (Å²) in [5.74, 6) is 0. The molecule has 0 unspecified atom stereocenters. The van der Waals surface area contributed by atoms with Crippen LogP contribution in [0.5, 0.6) is 0 Å². The van der Waals surface area contributed by atoms with E-state index >= 15 is 0 Å². The summed E-state index contributed by atoms with van der Waals surface area (Å²) >= 11 is 2.32. The van der Waals surface area contributed by atoms with Gasteiger partial charge in [0.05, 0.1) is 17.4 Å². The largest absolute Gasteiger partial charge is 0.302 e. The first-order valence-corrected chi connectivity index (χ1v) is 10.9. The normalized spacial score (nSPS) is 16.2. The molecule has 3 aromatic rings. The van der Waals surface area contributed by atoms with Gasteiger partial charge in [-0.2, -0.15) is 5.10 Å². The molecule has 120 valence electrons. The van der Waals surface area contributed by atoms with Crippen LogP contribution in [0.1, 0.15) is 17.3 Å². The van der Waals surface area contributed by atoms with E-state index in [0.29, 0.717) is 6.04 Å². The van der Waals surface area contributed by atoms with E-state index in [1.165, 1.54) is 22.2 Å². The second-order valence-corrected chi connectivity index (χ2v) is 7.93. The molecule has 0 aromatic carbocycles. The van der Waals surface area contributed by atoms with Crippen molar-refractivity contribution in [3.63, 3.8) is 0 Å². The van der Waals surface area contributed by atoms with Crippen LogP contribution >= 0.6 is 30.3 Å². The number of aromatic nitrogens is 4. The number of pyridine rings is 1. The molecule has 1 aliphatic heterocycles. The summed E-state index contributed by atoms with van der Waals surface area (Å²) in [5, 5.41) is 5.97. The van der Waals surface area contributed by atoms with Gasteiger partial charge in [0.15, 0.2) is 5.65 Å². The van der Waals surface area contributed by atoms with Crippen molar-refractivity contribution in [2.45, 2.75) is 19.9 Å². The Bertz CT molecular complexity index is 878. The number of aryl methyl sites for hydroxylation is 2. The first kappa shape index (κ1) is 15.5. The summed E-state index contributed by atoms with van der Waals surface area (Å²) in [6.45, 7) is 6.38. The number of hydrogen-bond donors (Lipinski definition) is 0. The van der Waals surface area contributed by atoms with Crippen molar-refractivity contribution in [3.8, 4) is 11.3 Å². The zero-order valence-corrected chi connectivity index (χ0v) is 16.3. The maximum absolute atomic E-state index is 4.76. The van der Waals surface area contributed by atoms with Crippen molar-refractivity contribution >= 4 is 41.4 Å². The topological polar surface area (TPSA) is 38.9 Å². The average molecular weight is 439 g/mol. The lowest BCUT2D eigenvalue weighted by Gasteiger charge is -2.36. The minimum absolute atomic E-state index is 0.498. The second kappa shape index (κ2) is 5.78. The lowest BCUT2D eigenvalue weighted by atomic mass is 10.1. The molecule has 0 bridgehead atoms. The fourth-order valence-electron chi connectivity index (χ4n) is 3.22. The third-order valence-corrected chi connectivity index (χ3v) is 6.25. The molecule has 0 amide bonds. The monoisotopic (exact) mass is 439 g/mol. The van der Waals surface area contributed by atoms with Crippen LogP contribution in [0.25, 0.3) is 22.3 Å². The average Bonchev–Trinajstić information content (AvgIpc) is 3.05. The number of rotatable bonds is 3. The van der Waals surface area contributed by atoms with Gasteiger partial charge in [0.2, 0.25) is 0 Å². The SMILES string of the molecule is Cc1nn(C2CN(C)C2)cc1-c1cc2c(C)ccnc2n1SI. The van der Waals surface area contributed by atoms with Crippen LogP contribution in [0, 0.1) is 13.8 Å². The quantitative estimate of drug-likeness (QED) is 0.582. The molecular weight excluding hydrogens is 421 g/mol. The van der Waals surface area contributed by atoms with E-state index in [1.807, 2.05) is 6.20 Å². The van der Waals surface area contributed by atoms with Gasteiger partial charge in [0.25, 0.3) is 0 Å². The first-order chi connectivity index (χ1) is 11.1. The second-order valence-electron chi connectivity index (χ2n) is 6.24. The smallest absolute Gasteiger partial charge is 0.151 e. The highest BCUT2D eigenvalue weighted by Gasteiger charge is 2.27. The Labute approximate surface area is 151 Å². The van der Waals surface area contributed by atoms with Crippen LogP contribution < -0.4 is 0 Å². The lowest BCUT2D eigenvalue weighted by Crippen LogP contribution is -2.45. The molecule has 7 heteroatoms. The van der Waals surface area contributed by atoms with Crippen LogP contribution in [-0.4, -0.2) is 43.8 Å². The highest BCUT2D eigenvalue weighted by Crippen LogP contribution is 2.36. The Morgan fingerprint density at radius 2 is 2.09 bits per heavy atom. The third kappa shape index (κ3) is 2.49. The predicted octanol–water partition coefficient (Wildman–Crippen LogP) is 3.85. The molecule has 0 saturated carbocycles. The van der Waals surface area contributed by atoms with E-state index < -0.39 is 0 Å². The van der Waals surface area contributed by atoms with Crippen LogP contribution in [0.15, 0.2) is 24.5 Å². The third-order valence-electron chi connectivity index (χ3n) is 4.56. The van der Waals surface area contributed by atoms with Crippen LogP contribution in [-0.2, 0) is 0 Å². The first-order valence-electron chi connectivity index (χ1n) is 7.59. The van der Waals surface area contributed by atoms with E-state index in [2.05, 4.69) is 79.0 Å². The summed E-state index contributed by atoms with van der Waals surface area (Å²) in [5.41, 5.74) is 5.73. The summed E-state index contributed by atoms with van der Waals surface area (Å²) in [6.07, 6.45) is 4.07. The fourth-order valence-corrected chi connectivity index (χ4v) is 4.85. The molecule has 1 aliphatic rings. The van der Waals surface area contributed by atoms with E-state index in [9.17, 15) is 0 Å². The van der Waals surface area contributed by atoms with Crippen LogP contribution in [0.3, 0.4) is 0 Å². The molecule has 1 saturated heterocycles. The molecule has 3 aromatic heterocycles. The molecule has 23 heavy (non-hydrogen) atoms. The van der Waals surface area contributed by atoms with Gasteiger partial charge in [-0.3, -0.25) is 8.65 Å². The summed E-state index contributed by atoms with van der Waals surface area (Å²) < 4.78 is 4.33. The van der Waals surface area contributed by atoms with Crippen LogP contribution in [0.2, 0.25) is 0 Å². The standard InChI is InChI=1S/C16H18IN5S/c1-10-4-5-18-16-13(10)6-15(22(16)23-17)14-9-21(19-11(14)2)12-7-20(3)8-12/h4-6,9,12H,7-8H2,1-3H3. The number of nitrogens with zero attached hydrogens (tertiary/aromatic N) is 5. The fraction of sp³-hybridized carbons (Fsp3) is 0.375. The molecule has 0 aliphatic carbocycles. The van der Waals surface area contributed by atoms with Crippen molar-refractivity contribution in [1.82, 2.24) is 23.6 Å². The number of hydrogen-bond acceptors (Lipinski definition) is 4. The van der Waals surface area contributed by atoms with Crippen molar-refractivity contribution in [2.24, 2.45) is 0 Å². The van der Waals surface area contributed by atoms with E-state index in [0.717, 1.165) is 24.4 Å². The number of likely N-dealkylation sites (tertiary alicyclic amines) is 1. The predicted molar refractivity (Wildman–Crippen MR) is 104 cm³/mol. The van der Waals surface area contributed by atoms with Gasteiger partial charge >= 0.3 is 0 Å². The molecule has 0 spiro atoms. The molecule has 0 N–H and O–H groups in total. The zero-order valence-electron chi connectivity index (χ0n) is 13.3. The van der Waals surface area contributed by atoms with Crippen molar-refractivity contribution in [3.05, 3.63) is 35.8 Å². The maximum Gasteiger partial charge on any atom is 0.151 e. The molecule has 1 fully saturated rings. The van der Waals surface area contributed by atoms with E-state index in [1.54, 1.807) is 9.12 Å². The van der Waals surface area contributed by atoms with Crippen LogP contribution in [0.4, 0.5) is 0 Å². The van der Waals surface area contributed by atoms with Gasteiger partial charge in [0.1, 0.15) is 0 Å². The molecule has 4 heterocycles. The van der Waals surface area contributed by atoms with Gasteiger partial charge < -0.3 is 4.90 Å². The Balaban J connectivity index is 1.84. The van der Waals surface area contributed by atoms with Crippen molar-refractivity contribution in [2.75, 3.05) is 20.1 Å². The van der Waals surface area contributed by atoms with Gasteiger partial charge in [-0.05, 0) is 38.6 Å².